The molecule has 0 bridgehead atoms. The maximum atomic E-state index is 12.8. The number of H-pyrrole nitrogens is 1. The SMILES string of the molecule is NCCCn1cnc(Cn2ccc3ccc(CNCc4[nH]c5ccccc5c4C4NC(=O)c5ccc(O)cc54)cc32)c1. The van der Waals surface area contributed by atoms with Gasteiger partial charge in [0.2, 0.25) is 0 Å². The number of para-hydroxylation sites is 1. The van der Waals surface area contributed by atoms with Crippen LogP contribution < -0.4 is 16.4 Å². The van der Waals surface area contributed by atoms with E-state index in [9.17, 15) is 9.90 Å². The fourth-order valence-electron chi connectivity index (χ4n) is 6.07. The van der Waals surface area contributed by atoms with E-state index in [1.807, 2.05) is 24.5 Å². The molecule has 1 unspecified atom stereocenters. The molecule has 4 heterocycles. The maximum absolute atomic E-state index is 12.8. The molecule has 1 amide bonds. The van der Waals surface area contributed by atoms with Crippen molar-refractivity contribution in [1.82, 2.24) is 29.7 Å². The van der Waals surface area contributed by atoms with Crippen LogP contribution in [0.5, 0.6) is 5.75 Å². The van der Waals surface area contributed by atoms with Crippen molar-refractivity contribution >= 4 is 27.7 Å². The molecule has 3 aromatic heterocycles. The summed E-state index contributed by atoms with van der Waals surface area (Å²) >= 11 is 0. The Labute approximate surface area is 243 Å². The standard InChI is InChI=1S/C33H33N7O2/c34-11-3-12-39-18-23(36-20-39)19-40-13-10-22-7-6-21(14-30(22)40)16-35-17-29-31(26-4-1-2-5-28(26)37-29)32-27-15-24(41)8-9-25(27)33(42)38-32/h1-2,4-10,13-15,18,20,32,35,37,41H,3,11-12,16-17,19,34H2,(H,38,42). The number of carbonyl (C=O) groups excluding carboxylic acids is 1. The van der Waals surface area contributed by atoms with Gasteiger partial charge in [0.15, 0.2) is 0 Å². The van der Waals surface area contributed by atoms with Crippen LogP contribution in [0.15, 0.2) is 85.5 Å². The molecule has 7 rings (SSSR count). The molecule has 0 spiro atoms. The number of hydrogen-bond donors (Lipinski definition) is 5. The first-order chi connectivity index (χ1) is 20.6. The average molecular weight is 560 g/mol. The predicted molar refractivity (Wildman–Crippen MR) is 163 cm³/mol. The van der Waals surface area contributed by atoms with Gasteiger partial charge in [-0.05, 0) is 65.9 Å². The zero-order chi connectivity index (χ0) is 28.6. The lowest BCUT2D eigenvalue weighted by molar-refractivity contribution is 0.0960. The summed E-state index contributed by atoms with van der Waals surface area (Å²) in [7, 11) is 0. The normalized spacial score (nSPS) is 14.6. The van der Waals surface area contributed by atoms with Gasteiger partial charge in [-0.3, -0.25) is 4.79 Å². The number of aryl methyl sites for hydroxylation is 1. The van der Waals surface area contributed by atoms with E-state index < -0.39 is 0 Å². The van der Waals surface area contributed by atoms with Crippen molar-refractivity contribution < 1.29 is 9.90 Å². The third kappa shape index (κ3) is 4.82. The summed E-state index contributed by atoms with van der Waals surface area (Å²) in [6.45, 7) is 3.52. The number of benzene rings is 3. The van der Waals surface area contributed by atoms with Crippen LogP contribution in [0, 0.1) is 0 Å². The molecule has 212 valence electrons. The Balaban J connectivity index is 1.11. The van der Waals surface area contributed by atoms with Crippen LogP contribution >= 0.6 is 0 Å². The predicted octanol–water partition coefficient (Wildman–Crippen LogP) is 4.54. The molecule has 9 nitrogen and oxygen atoms in total. The van der Waals surface area contributed by atoms with Gasteiger partial charge >= 0.3 is 0 Å². The number of carbonyl (C=O) groups is 1. The van der Waals surface area contributed by atoms with Crippen molar-refractivity contribution in [2.24, 2.45) is 5.73 Å². The highest BCUT2D eigenvalue weighted by Gasteiger charge is 2.33. The molecular weight excluding hydrogens is 526 g/mol. The lowest BCUT2D eigenvalue weighted by Gasteiger charge is -2.15. The highest BCUT2D eigenvalue weighted by molar-refractivity contribution is 6.01. The number of aromatic amines is 1. The van der Waals surface area contributed by atoms with E-state index in [0.717, 1.165) is 46.4 Å². The number of fused-ring (bicyclic) bond motifs is 3. The first kappa shape index (κ1) is 26.1. The van der Waals surface area contributed by atoms with Gasteiger partial charge in [0.05, 0.1) is 24.6 Å². The van der Waals surface area contributed by atoms with Crippen LogP contribution in [0.2, 0.25) is 0 Å². The van der Waals surface area contributed by atoms with Crippen LogP contribution in [0.25, 0.3) is 21.8 Å². The monoisotopic (exact) mass is 559 g/mol. The molecular formula is C33H33N7O2. The van der Waals surface area contributed by atoms with Crippen LogP contribution in [-0.4, -0.2) is 36.7 Å². The van der Waals surface area contributed by atoms with Gasteiger partial charge in [-0.15, -0.1) is 0 Å². The van der Waals surface area contributed by atoms with Crippen molar-refractivity contribution in [2.45, 2.75) is 38.6 Å². The molecule has 0 radical (unpaired) electrons. The molecule has 9 heteroatoms. The molecule has 1 aliphatic rings. The van der Waals surface area contributed by atoms with Crippen LogP contribution in [0.1, 0.15) is 50.9 Å². The minimum Gasteiger partial charge on any atom is -0.508 e. The number of nitrogens with one attached hydrogen (secondary N) is 3. The van der Waals surface area contributed by atoms with Crippen LogP contribution in [0.4, 0.5) is 0 Å². The molecule has 3 aromatic carbocycles. The Bertz CT molecular complexity index is 1910. The van der Waals surface area contributed by atoms with Gasteiger partial charge in [0.1, 0.15) is 5.75 Å². The van der Waals surface area contributed by atoms with Crippen molar-refractivity contribution in [1.29, 1.82) is 0 Å². The Morgan fingerprint density at radius 1 is 1.05 bits per heavy atom. The van der Waals surface area contributed by atoms with Crippen molar-refractivity contribution in [2.75, 3.05) is 6.54 Å². The lowest BCUT2D eigenvalue weighted by Crippen LogP contribution is -2.22. The van der Waals surface area contributed by atoms with Crippen molar-refractivity contribution in [3.05, 3.63) is 119 Å². The number of phenols is 1. The Kier molecular flexibility index (Phi) is 6.73. The van der Waals surface area contributed by atoms with E-state index in [0.29, 0.717) is 31.7 Å². The summed E-state index contributed by atoms with van der Waals surface area (Å²) in [5, 5.41) is 19.2. The maximum Gasteiger partial charge on any atom is 0.252 e. The van der Waals surface area contributed by atoms with E-state index in [1.54, 1.807) is 18.2 Å². The fraction of sp³-hybridized carbons (Fsp3) is 0.212. The number of nitrogens with two attached hydrogens (primary N) is 1. The van der Waals surface area contributed by atoms with Gasteiger partial charge in [0.25, 0.3) is 5.91 Å². The number of aromatic hydroxyl groups is 1. The smallest absolute Gasteiger partial charge is 0.252 e. The van der Waals surface area contributed by atoms with E-state index in [-0.39, 0.29) is 17.7 Å². The van der Waals surface area contributed by atoms with Crippen LogP contribution in [0.3, 0.4) is 0 Å². The molecule has 0 aliphatic carbocycles. The summed E-state index contributed by atoms with van der Waals surface area (Å²) in [6.07, 6.45) is 7.02. The summed E-state index contributed by atoms with van der Waals surface area (Å²) < 4.78 is 4.33. The average Bonchev–Trinajstić information content (AvgIpc) is 3.77. The van der Waals surface area contributed by atoms with Gasteiger partial charge in [0, 0.05) is 65.3 Å². The molecule has 0 saturated carbocycles. The minimum atomic E-state index is -0.342. The molecule has 6 N–H and O–H groups in total. The van der Waals surface area contributed by atoms with Crippen molar-refractivity contribution in [3.63, 3.8) is 0 Å². The fourth-order valence-corrected chi connectivity index (χ4v) is 6.07. The van der Waals surface area contributed by atoms with Gasteiger partial charge in [-0.25, -0.2) is 4.98 Å². The first-order valence-corrected chi connectivity index (χ1v) is 14.3. The second kappa shape index (κ2) is 10.8. The van der Waals surface area contributed by atoms with E-state index >= 15 is 0 Å². The summed E-state index contributed by atoms with van der Waals surface area (Å²) in [5.74, 6) is 0.0210. The number of aromatic nitrogens is 4. The summed E-state index contributed by atoms with van der Waals surface area (Å²) in [6, 6.07) is 21.4. The third-order valence-electron chi connectivity index (χ3n) is 8.09. The number of amides is 1. The van der Waals surface area contributed by atoms with Gasteiger partial charge < -0.3 is 35.6 Å². The quantitative estimate of drug-likeness (QED) is 0.168. The highest BCUT2D eigenvalue weighted by atomic mass is 16.3. The summed E-state index contributed by atoms with van der Waals surface area (Å²) in [5.41, 5.74) is 13.4. The van der Waals surface area contributed by atoms with Gasteiger partial charge in [-0.1, -0.05) is 30.3 Å². The molecule has 1 atom stereocenters. The molecule has 6 aromatic rings. The lowest BCUT2D eigenvalue weighted by atomic mass is 9.95. The second-order valence-corrected chi connectivity index (χ2v) is 10.9. The Hall–Kier alpha value is -4.86. The summed E-state index contributed by atoms with van der Waals surface area (Å²) in [4.78, 5) is 20.9. The molecule has 0 saturated heterocycles. The topological polar surface area (TPSA) is 126 Å². The minimum absolute atomic E-state index is 0.127. The third-order valence-corrected chi connectivity index (χ3v) is 8.09. The second-order valence-electron chi connectivity index (χ2n) is 10.9. The number of phenolic OH excluding ortho intramolecular Hbond substituents is 1. The Morgan fingerprint density at radius 3 is 2.86 bits per heavy atom. The van der Waals surface area contributed by atoms with E-state index in [4.69, 9.17) is 5.73 Å². The largest absolute Gasteiger partial charge is 0.508 e. The van der Waals surface area contributed by atoms with E-state index in [1.165, 1.54) is 16.5 Å². The highest BCUT2D eigenvalue weighted by Crippen LogP contribution is 2.38. The molecule has 42 heavy (non-hydrogen) atoms. The number of rotatable bonds is 10. The van der Waals surface area contributed by atoms with Crippen molar-refractivity contribution in [3.8, 4) is 5.75 Å². The number of hydrogen-bond acceptors (Lipinski definition) is 5. The molecule has 0 fully saturated rings. The zero-order valence-corrected chi connectivity index (χ0v) is 23.2. The van der Waals surface area contributed by atoms with Crippen LogP contribution in [-0.2, 0) is 26.2 Å². The Morgan fingerprint density at radius 2 is 1.95 bits per heavy atom. The molecule has 1 aliphatic heterocycles. The zero-order valence-electron chi connectivity index (χ0n) is 23.2. The van der Waals surface area contributed by atoms with E-state index in [2.05, 4.69) is 72.5 Å². The number of nitrogens with zero attached hydrogens (tertiary/aromatic N) is 3. The van der Waals surface area contributed by atoms with Gasteiger partial charge in [-0.2, -0.15) is 0 Å². The number of imidazole rings is 1. The first-order valence-electron chi connectivity index (χ1n) is 14.3.